The fraction of sp³-hybridized carbons (Fsp3) is 0.375. The summed E-state index contributed by atoms with van der Waals surface area (Å²) >= 11 is 0. The summed E-state index contributed by atoms with van der Waals surface area (Å²) in [6.45, 7) is 2.15. The van der Waals surface area contributed by atoms with Crippen molar-refractivity contribution in [3.05, 3.63) is 24.3 Å². The molecule has 0 aliphatic heterocycles. The van der Waals surface area contributed by atoms with Crippen LogP contribution >= 0.6 is 0 Å². The summed E-state index contributed by atoms with van der Waals surface area (Å²) in [5, 5.41) is 7.18. The van der Waals surface area contributed by atoms with Gasteiger partial charge in [0.2, 0.25) is 0 Å². The zero-order chi connectivity index (χ0) is 6.69. The highest BCUT2D eigenvalue weighted by Gasteiger charge is 1.99. The Labute approximate surface area is 55.6 Å². The van der Waals surface area contributed by atoms with E-state index >= 15 is 0 Å². The fourth-order valence-electron chi connectivity index (χ4n) is 0.846. The molecule has 0 saturated heterocycles. The van der Waals surface area contributed by atoms with E-state index in [-0.39, 0.29) is 0 Å². The molecule has 0 amide bonds. The van der Waals surface area contributed by atoms with Gasteiger partial charge in [0.25, 0.3) is 0 Å². The Morgan fingerprint density at radius 1 is 1.44 bits per heavy atom. The molecule has 0 unspecified atom stereocenters. The van der Waals surface area contributed by atoms with Crippen LogP contribution in [-0.2, 0) is 0 Å². The predicted octanol–water partition coefficient (Wildman–Crippen LogP) is 2.16. The second kappa shape index (κ2) is 2.62. The molecule has 1 aliphatic carbocycles. The molecule has 0 aromatic heterocycles. The normalized spacial score (nSPS) is 25.0. The maximum Gasteiger partial charge on any atom is 0.0533 e. The number of hydrogen-bond donors (Lipinski definition) is 1. The molecular formula is C8H11N. The minimum atomic E-state index is 0.569. The smallest absolute Gasteiger partial charge is 0.0533 e. The zero-order valence-corrected chi connectivity index (χ0v) is 5.59. The van der Waals surface area contributed by atoms with Crippen LogP contribution in [0.2, 0.25) is 0 Å². The summed E-state index contributed by atoms with van der Waals surface area (Å²) in [7, 11) is 0. The molecular weight excluding hydrogens is 110 g/mol. The van der Waals surface area contributed by atoms with Crippen molar-refractivity contribution >= 4 is 5.71 Å². The Hall–Kier alpha value is -0.850. The van der Waals surface area contributed by atoms with Gasteiger partial charge in [0.1, 0.15) is 0 Å². The molecule has 1 rings (SSSR count). The van der Waals surface area contributed by atoms with Crippen LogP contribution in [0.4, 0.5) is 0 Å². The Balaban J connectivity index is 2.58. The Morgan fingerprint density at radius 2 is 2.00 bits per heavy atom. The van der Waals surface area contributed by atoms with Gasteiger partial charge in [-0.3, -0.25) is 0 Å². The average molecular weight is 121 g/mol. The molecule has 1 aliphatic rings. The van der Waals surface area contributed by atoms with E-state index in [2.05, 4.69) is 19.1 Å². The largest absolute Gasteiger partial charge is 0.301 e. The lowest BCUT2D eigenvalue weighted by Crippen LogP contribution is -1.97. The molecule has 0 spiro atoms. The van der Waals surface area contributed by atoms with E-state index in [1.807, 2.05) is 12.2 Å². The predicted molar refractivity (Wildman–Crippen MR) is 39.8 cm³/mol. The van der Waals surface area contributed by atoms with Crippen LogP contribution in [0.3, 0.4) is 0 Å². The molecule has 1 heteroatoms. The first-order valence-corrected chi connectivity index (χ1v) is 3.28. The van der Waals surface area contributed by atoms with Gasteiger partial charge in [-0.1, -0.05) is 19.1 Å². The van der Waals surface area contributed by atoms with Crippen LogP contribution in [0.15, 0.2) is 24.3 Å². The van der Waals surface area contributed by atoms with Crippen LogP contribution < -0.4 is 0 Å². The van der Waals surface area contributed by atoms with E-state index in [1.54, 1.807) is 0 Å². The van der Waals surface area contributed by atoms with Crippen molar-refractivity contribution in [2.45, 2.75) is 13.3 Å². The minimum absolute atomic E-state index is 0.569. The van der Waals surface area contributed by atoms with E-state index in [0.717, 1.165) is 6.42 Å². The Morgan fingerprint density at radius 3 is 2.44 bits per heavy atom. The first-order chi connectivity index (χ1) is 4.33. The summed E-state index contributed by atoms with van der Waals surface area (Å²) in [4.78, 5) is 0. The van der Waals surface area contributed by atoms with Gasteiger partial charge >= 0.3 is 0 Å². The summed E-state index contributed by atoms with van der Waals surface area (Å²) in [6.07, 6.45) is 8.99. The van der Waals surface area contributed by atoms with Crippen LogP contribution in [0.5, 0.6) is 0 Å². The maximum absolute atomic E-state index is 7.18. The van der Waals surface area contributed by atoms with Gasteiger partial charge in [-0.25, -0.2) is 0 Å². The van der Waals surface area contributed by atoms with Crippen LogP contribution in [-0.4, -0.2) is 5.71 Å². The molecule has 0 heterocycles. The molecule has 0 radical (unpaired) electrons. The topological polar surface area (TPSA) is 23.9 Å². The summed E-state index contributed by atoms with van der Waals surface area (Å²) < 4.78 is 0. The second-order valence-electron chi connectivity index (χ2n) is 2.25. The van der Waals surface area contributed by atoms with Crippen molar-refractivity contribution in [2.75, 3.05) is 0 Å². The molecule has 9 heavy (non-hydrogen) atoms. The fourth-order valence-corrected chi connectivity index (χ4v) is 0.846. The van der Waals surface area contributed by atoms with Gasteiger partial charge in [-0.05, 0) is 24.5 Å². The van der Waals surface area contributed by atoms with E-state index in [9.17, 15) is 0 Å². The van der Waals surface area contributed by atoms with Gasteiger partial charge in [-0.15, -0.1) is 0 Å². The standard InChI is InChI=1S/C8H11N/c1-2-7-3-5-8(9)6-4-7/h3-7,9H,2H2,1H3. The Kier molecular flexibility index (Phi) is 1.83. The van der Waals surface area contributed by atoms with Crippen LogP contribution in [0, 0.1) is 11.3 Å². The maximum atomic E-state index is 7.18. The third-order valence-corrected chi connectivity index (χ3v) is 1.52. The lowest BCUT2D eigenvalue weighted by Gasteiger charge is -2.06. The van der Waals surface area contributed by atoms with Gasteiger partial charge in [-0.2, -0.15) is 0 Å². The number of nitrogens with one attached hydrogen (secondary N) is 1. The third kappa shape index (κ3) is 1.53. The van der Waals surface area contributed by atoms with E-state index in [0.29, 0.717) is 11.6 Å². The van der Waals surface area contributed by atoms with Crippen LogP contribution in [0.1, 0.15) is 13.3 Å². The second-order valence-corrected chi connectivity index (χ2v) is 2.25. The molecule has 48 valence electrons. The number of allylic oxidation sites excluding steroid dienone is 4. The lowest BCUT2D eigenvalue weighted by molar-refractivity contribution is 0.772. The number of rotatable bonds is 1. The highest BCUT2D eigenvalue weighted by molar-refractivity contribution is 6.02. The minimum Gasteiger partial charge on any atom is -0.301 e. The summed E-state index contributed by atoms with van der Waals surface area (Å²) in [6, 6.07) is 0. The molecule has 0 saturated carbocycles. The van der Waals surface area contributed by atoms with Gasteiger partial charge in [0, 0.05) is 0 Å². The Bertz CT molecular complexity index is 149. The van der Waals surface area contributed by atoms with Crippen molar-refractivity contribution < 1.29 is 0 Å². The van der Waals surface area contributed by atoms with Crippen LogP contribution in [0.25, 0.3) is 0 Å². The van der Waals surface area contributed by atoms with Crippen molar-refractivity contribution in [2.24, 2.45) is 5.92 Å². The van der Waals surface area contributed by atoms with Crippen molar-refractivity contribution in [1.82, 2.24) is 0 Å². The quantitative estimate of drug-likeness (QED) is 0.549. The molecule has 0 aromatic carbocycles. The van der Waals surface area contributed by atoms with Gasteiger partial charge < -0.3 is 5.41 Å². The summed E-state index contributed by atoms with van der Waals surface area (Å²) in [5.74, 6) is 0.569. The lowest BCUT2D eigenvalue weighted by atomic mass is 10.0. The van der Waals surface area contributed by atoms with Crippen molar-refractivity contribution in [3.63, 3.8) is 0 Å². The molecule has 1 nitrogen and oxygen atoms in total. The molecule has 1 N–H and O–H groups in total. The highest BCUT2D eigenvalue weighted by atomic mass is 14.4. The molecule has 0 aromatic rings. The SMILES string of the molecule is CCC1C=CC(=N)C=C1. The molecule has 0 atom stereocenters. The van der Waals surface area contributed by atoms with Crippen molar-refractivity contribution in [1.29, 1.82) is 5.41 Å². The zero-order valence-electron chi connectivity index (χ0n) is 5.59. The van der Waals surface area contributed by atoms with Gasteiger partial charge in [0.15, 0.2) is 0 Å². The van der Waals surface area contributed by atoms with E-state index in [1.165, 1.54) is 0 Å². The first kappa shape index (κ1) is 6.27. The summed E-state index contributed by atoms with van der Waals surface area (Å²) in [5.41, 5.74) is 0.611. The van der Waals surface area contributed by atoms with E-state index in [4.69, 9.17) is 5.41 Å². The van der Waals surface area contributed by atoms with E-state index < -0.39 is 0 Å². The molecule has 0 bridgehead atoms. The van der Waals surface area contributed by atoms with Crippen molar-refractivity contribution in [3.8, 4) is 0 Å². The molecule has 0 fully saturated rings. The highest BCUT2D eigenvalue weighted by Crippen LogP contribution is 2.10. The first-order valence-electron chi connectivity index (χ1n) is 3.28. The van der Waals surface area contributed by atoms with Gasteiger partial charge in [0.05, 0.1) is 5.71 Å². The third-order valence-electron chi connectivity index (χ3n) is 1.52. The average Bonchev–Trinajstić information content (AvgIpc) is 1.90. The number of hydrogen-bond acceptors (Lipinski definition) is 1. The monoisotopic (exact) mass is 121 g/mol.